The second-order valence-corrected chi connectivity index (χ2v) is 6.18. The van der Waals surface area contributed by atoms with Gasteiger partial charge in [0.2, 0.25) is 0 Å². The molecule has 0 bridgehead atoms. The van der Waals surface area contributed by atoms with E-state index in [1.807, 2.05) is 6.08 Å². The van der Waals surface area contributed by atoms with Crippen LogP contribution in [0.5, 0.6) is 0 Å². The summed E-state index contributed by atoms with van der Waals surface area (Å²) in [5.41, 5.74) is 0. The van der Waals surface area contributed by atoms with Crippen molar-refractivity contribution in [1.82, 2.24) is 0 Å². The molecule has 2 aliphatic rings. The average molecular weight is 236 g/mol. The molecule has 0 aromatic rings. The van der Waals surface area contributed by atoms with E-state index in [9.17, 15) is 0 Å². The van der Waals surface area contributed by atoms with E-state index in [4.69, 9.17) is 4.74 Å². The zero-order chi connectivity index (χ0) is 12.1. The molecule has 0 aromatic heterocycles. The quantitative estimate of drug-likeness (QED) is 0.649. The number of hydrogen-bond acceptors (Lipinski definition) is 1. The third-order valence-corrected chi connectivity index (χ3v) is 4.90. The highest BCUT2D eigenvalue weighted by atomic mass is 16.5. The van der Waals surface area contributed by atoms with Crippen molar-refractivity contribution in [3.63, 3.8) is 0 Å². The van der Waals surface area contributed by atoms with Gasteiger partial charge >= 0.3 is 0 Å². The average Bonchev–Trinajstić information content (AvgIpc) is 2.38. The molecule has 2 rings (SSSR count). The van der Waals surface area contributed by atoms with Gasteiger partial charge in [-0.25, -0.2) is 0 Å². The SMILES string of the molecule is C=CCO[C@H]1CC[C@H]([C@H]2CC[C@H](C)CC2)CC1. The number of hydrogen-bond donors (Lipinski definition) is 0. The topological polar surface area (TPSA) is 9.23 Å². The lowest BCUT2D eigenvalue weighted by molar-refractivity contribution is 0.0216. The molecule has 0 aromatic carbocycles. The first-order valence-electron chi connectivity index (χ1n) is 7.52. The maximum Gasteiger partial charge on any atom is 0.0648 e. The second kappa shape index (κ2) is 6.58. The Morgan fingerprint density at radius 1 is 0.941 bits per heavy atom. The molecule has 1 nitrogen and oxygen atoms in total. The molecule has 0 atom stereocenters. The van der Waals surface area contributed by atoms with Crippen LogP contribution >= 0.6 is 0 Å². The number of ether oxygens (including phenoxy) is 1. The van der Waals surface area contributed by atoms with Gasteiger partial charge in [0.05, 0.1) is 12.7 Å². The van der Waals surface area contributed by atoms with Gasteiger partial charge < -0.3 is 4.74 Å². The van der Waals surface area contributed by atoms with E-state index in [2.05, 4.69) is 13.5 Å². The fraction of sp³-hybridized carbons (Fsp3) is 0.875. The predicted octanol–water partition coefficient (Wildman–Crippen LogP) is 4.57. The smallest absolute Gasteiger partial charge is 0.0648 e. The summed E-state index contributed by atoms with van der Waals surface area (Å²) in [6, 6.07) is 0. The van der Waals surface area contributed by atoms with Crippen LogP contribution < -0.4 is 0 Å². The standard InChI is InChI=1S/C16H28O/c1-3-12-17-16-10-8-15(9-11-16)14-6-4-13(2)5-7-14/h3,13-16H,1,4-12H2,2H3/t13-,14-,15-,16-. The Labute approximate surface area is 107 Å². The zero-order valence-corrected chi connectivity index (χ0v) is 11.4. The molecule has 2 saturated carbocycles. The maximum absolute atomic E-state index is 5.77. The van der Waals surface area contributed by atoms with Crippen LogP contribution in [0.4, 0.5) is 0 Å². The largest absolute Gasteiger partial charge is 0.374 e. The van der Waals surface area contributed by atoms with E-state index in [1.165, 1.54) is 51.4 Å². The molecule has 1 heteroatoms. The Hall–Kier alpha value is -0.300. The molecular weight excluding hydrogens is 208 g/mol. The van der Waals surface area contributed by atoms with Crippen molar-refractivity contribution in [2.75, 3.05) is 6.61 Å². The Bertz CT molecular complexity index is 220. The Morgan fingerprint density at radius 2 is 1.47 bits per heavy atom. The summed E-state index contributed by atoms with van der Waals surface area (Å²) in [6.45, 7) is 6.86. The molecule has 2 fully saturated rings. The van der Waals surface area contributed by atoms with Crippen LogP contribution in [0.1, 0.15) is 58.3 Å². The second-order valence-electron chi connectivity index (χ2n) is 6.18. The minimum atomic E-state index is 0.520. The molecule has 0 aliphatic heterocycles. The zero-order valence-electron chi connectivity index (χ0n) is 11.4. The fourth-order valence-corrected chi connectivity index (χ4v) is 3.69. The Morgan fingerprint density at radius 3 is 2.00 bits per heavy atom. The summed E-state index contributed by atoms with van der Waals surface area (Å²) in [5, 5.41) is 0. The molecule has 17 heavy (non-hydrogen) atoms. The van der Waals surface area contributed by atoms with E-state index < -0.39 is 0 Å². The van der Waals surface area contributed by atoms with E-state index >= 15 is 0 Å². The molecule has 0 N–H and O–H groups in total. The van der Waals surface area contributed by atoms with Crippen LogP contribution in [0.15, 0.2) is 12.7 Å². The highest BCUT2D eigenvalue weighted by Crippen LogP contribution is 2.40. The lowest BCUT2D eigenvalue weighted by Crippen LogP contribution is -2.28. The van der Waals surface area contributed by atoms with Crippen molar-refractivity contribution in [3.05, 3.63) is 12.7 Å². The van der Waals surface area contributed by atoms with Crippen LogP contribution in [0.2, 0.25) is 0 Å². The van der Waals surface area contributed by atoms with E-state index in [0.29, 0.717) is 6.10 Å². The van der Waals surface area contributed by atoms with Crippen molar-refractivity contribution in [2.24, 2.45) is 17.8 Å². The van der Waals surface area contributed by atoms with Gasteiger partial charge in [0.15, 0.2) is 0 Å². The fourth-order valence-electron chi connectivity index (χ4n) is 3.69. The minimum absolute atomic E-state index is 0.520. The summed E-state index contributed by atoms with van der Waals surface area (Å²) in [5.74, 6) is 3.02. The van der Waals surface area contributed by atoms with Crippen LogP contribution in [0.3, 0.4) is 0 Å². The summed E-state index contributed by atoms with van der Waals surface area (Å²) in [6.07, 6.45) is 13.7. The van der Waals surface area contributed by atoms with Gasteiger partial charge in [0.25, 0.3) is 0 Å². The van der Waals surface area contributed by atoms with E-state index in [-0.39, 0.29) is 0 Å². The normalized spacial score (nSPS) is 38.9. The number of rotatable bonds is 4. The van der Waals surface area contributed by atoms with Crippen molar-refractivity contribution < 1.29 is 4.74 Å². The molecule has 0 unspecified atom stereocenters. The molecule has 0 spiro atoms. The van der Waals surface area contributed by atoms with Crippen LogP contribution in [0, 0.1) is 17.8 Å². The van der Waals surface area contributed by atoms with Crippen molar-refractivity contribution in [2.45, 2.75) is 64.4 Å². The summed E-state index contributed by atoms with van der Waals surface area (Å²) >= 11 is 0. The Kier molecular flexibility index (Phi) is 5.09. The van der Waals surface area contributed by atoms with Gasteiger partial charge in [-0.2, -0.15) is 0 Å². The molecule has 0 amide bonds. The highest BCUT2D eigenvalue weighted by molar-refractivity contribution is 4.82. The Balaban J connectivity index is 1.69. The minimum Gasteiger partial charge on any atom is -0.374 e. The molecular formula is C16H28O. The van der Waals surface area contributed by atoms with Crippen LogP contribution in [0.25, 0.3) is 0 Å². The lowest BCUT2D eigenvalue weighted by Gasteiger charge is -2.37. The molecule has 0 radical (unpaired) electrons. The first-order valence-corrected chi connectivity index (χ1v) is 7.52. The highest BCUT2D eigenvalue weighted by Gasteiger charge is 2.29. The van der Waals surface area contributed by atoms with E-state index in [0.717, 1.165) is 24.4 Å². The lowest BCUT2D eigenvalue weighted by atomic mass is 9.71. The molecule has 2 aliphatic carbocycles. The van der Waals surface area contributed by atoms with Crippen molar-refractivity contribution in [1.29, 1.82) is 0 Å². The van der Waals surface area contributed by atoms with E-state index in [1.54, 1.807) is 0 Å². The van der Waals surface area contributed by atoms with Gasteiger partial charge in [-0.05, 0) is 56.3 Å². The third-order valence-electron chi connectivity index (χ3n) is 4.90. The van der Waals surface area contributed by atoms with Gasteiger partial charge in [-0.1, -0.05) is 25.8 Å². The summed E-state index contributed by atoms with van der Waals surface area (Å²) in [4.78, 5) is 0. The molecule has 0 heterocycles. The van der Waals surface area contributed by atoms with Crippen LogP contribution in [-0.2, 0) is 4.74 Å². The molecule has 98 valence electrons. The monoisotopic (exact) mass is 236 g/mol. The third kappa shape index (κ3) is 3.84. The summed E-state index contributed by atoms with van der Waals surface area (Å²) < 4.78 is 5.77. The predicted molar refractivity (Wildman–Crippen MR) is 73.0 cm³/mol. The van der Waals surface area contributed by atoms with Crippen LogP contribution in [-0.4, -0.2) is 12.7 Å². The van der Waals surface area contributed by atoms with Crippen molar-refractivity contribution in [3.8, 4) is 0 Å². The summed E-state index contributed by atoms with van der Waals surface area (Å²) in [7, 11) is 0. The maximum atomic E-state index is 5.77. The van der Waals surface area contributed by atoms with Crippen molar-refractivity contribution >= 4 is 0 Å². The van der Waals surface area contributed by atoms with Gasteiger partial charge in [-0.15, -0.1) is 6.58 Å². The van der Waals surface area contributed by atoms with Gasteiger partial charge in [0, 0.05) is 0 Å². The molecule has 0 saturated heterocycles. The van der Waals surface area contributed by atoms with Gasteiger partial charge in [-0.3, -0.25) is 0 Å². The first-order chi connectivity index (χ1) is 8.29. The first kappa shape index (κ1) is 13.1. The van der Waals surface area contributed by atoms with Gasteiger partial charge in [0.1, 0.15) is 0 Å².